The van der Waals surface area contributed by atoms with E-state index in [1.54, 1.807) is 0 Å². The van der Waals surface area contributed by atoms with Crippen LogP contribution in [0.25, 0.3) is 0 Å². The molecule has 0 saturated heterocycles. The molecule has 0 amide bonds. The molecule has 0 spiro atoms. The van der Waals surface area contributed by atoms with Crippen LogP contribution in [0.4, 0.5) is 8.78 Å². The Bertz CT molecular complexity index is 393. The number of carbonyl (C=O) groups is 1. The van der Waals surface area contributed by atoms with Gasteiger partial charge in [-0.05, 0) is 12.1 Å². The minimum Gasteiger partial charge on any atom is -0.493 e. The third-order valence-electron chi connectivity index (χ3n) is 2.15. The van der Waals surface area contributed by atoms with Gasteiger partial charge in [0.05, 0.1) is 21.3 Å². The molecule has 0 fully saturated rings. The number of Topliss-reactive ketones (excluding diaryl/α,β-unsaturated/α-hetero) is 1. The van der Waals surface area contributed by atoms with Crippen molar-refractivity contribution in [2.24, 2.45) is 0 Å². The predicted molar refractivity (Wildman–Crippen MR) is 56.4 cm³/mol. The van der Waals surface area contributed by atoms with E-state index in [1.807, 2.05) is 0 Å². The van der Waals surface area contributed by atoms with Crippen molar-refractivity contribution >= 4 is 5.78 Å². The molecule has 94 valence electrons. The first kappa shape index (κ1) is 13.2. The molecule has 4 nitrogen and oxygen atoms in total. The van der Waals surface area contributed by atoms with E-state index in [0.29, 0.717) is 0 Å². The Balaban J connectivity index is 3.32. The molecule has 0 aliphatic rings. The van der Waals surface area contributed by atoms with Crippen molar-refractivity contribution in [1.29, 1.82) is 0 Å². The Morgan fingerprint density at radius 3 is 1.82 bits per heavy atom. The maximum absolute atomic E-state index is 12.3. The molecule has 0 aliphatic heterocycles. The van der Waals surface area contributed by atoms with Crippen molar-refractivity contribution in [3.8, 4) is 17.2 Å². The second kappa shape index (κ2) is 5.47. The number of ketones is 1. The SMILES string of the molecule is COc1cc(C(=O)C(F)F)cc(OC)c1OC. The minimum absolute atomic E-state index is 0.163. The lowest BCUT2D eigenvalue weighted by atomic mass is 10.1. The van der Waals surface area contributed by atoms with Crippen LogP contribution in [0, 0.1) is 0 Å². The number of rotatable bonds is 5. The van der Waals surface area contributed by atoms with Gasteiger partial charge in [-0.3, -0.25) is 4.79 Å². The molecule has 0 bridgehead atoms. The summed E-state index contributed by atoms with van der Waals surface area (Å²) in [4.78, 5) is 11.2. The standard InChI is InChI=1S/C11H12F2O4/c1-15-7-4-6(9(14)11(12)13)5-8(16-2)10(7)17-3/h4-5,11H,1-3H3. The summed E-state index contributed by atoms with van der Waals surface area (Å²) in [7, 11) is 4.07. The van der Waals surface area contributed by atoms with E-state index in [4.69, 9.17) is 14.2 Å². The topological polar surface area (TPSA) is 44.8 Å². The summed E-state index contributed by atoms with van der Waals surface area (Å²) in [5, 5.41) is 0. The van der Waals surface area contributed by atoms with Crippen molar-refractivity contribution in [3.05, 3.63) is 17.7 Å². The van der Waals surface area contributed by atoms with Gasteiger partial charge in [-0.15, -0.1) is 0 Å². The minimum atomic E-state index is -3.07. The highest BCUT2D eigenvalue weighted by molar-refractivity contribution is 5.99. The number of benzene rings is 1. The van der Waals surface area contributed by atoms with Gasteiger partial charge in [0.1, 0.15) is 0 Å². The summed E-state index contributed by atoms with van der Waals surface area (Å²) in [6, 6.07) is 2.38. The molecule has 1 rings (SSSR count). The largest absolute Gasteiger partial charge is 0.493 e. The first-order valence-corrected chi connectivity index (χ1v) is 4.67. The number of hydrogen-bond acceptors (Lipinski definition) is 4. The van der Waals surface area contributed by atoms with Gasteiger partial charge in [0.2, 0.25) is 11.5 Å². The van der Waals surface area contributed by atoms with Crippen LogP contribution in [-0.2, 0) is 0 Å². The molecule has 0 N–H and O–H groups in total. The van der Waals surface area contributed by atoms with E-state index in [1.165, 1.54) is 33.5 Å². The van der Waals surface area contributed by atoms with E-state index in [2.05, 4.69) is 0 Å². The summed E-state index contributed by atoms with van der Waals surface area (Å²) >= 11 is 0. The lowest BCUT2D eigenvalue weighted by molar-refractivity contribution is 0.0678. The van der Waals surface area contributed by atoms with Crippen LogP contribution in [0.5, 0.6) is 17.2 Å². The molecule has 0 aliphatic carbocycles. The van der Waals surface area contributed by atoms with Crippen LogP contribution in [0.1, 0.15) is 10.4 Å². The van der Waals surface area contributed by atoms with Crippen LogP contribution in [0.15, 0.2) is 12.1 Å². The summed E-state index contributed by atoms with van der Waals surface area (Å²) in [6.45, 7) is 0. The number of alkyl halides is 2. The lowest BCUT2D eigenvalue weighted by Gasteiger charge is -2.13. The molecule has 0 aromatic heterocycles. The van der Waals surface area contributed by atoms with Gasteiger partial charge < -0.3 is 14.2 Å². The van der Waals surface area contributed by atoms with E-state index in [9.17, 15) is 13.6 Å². The van der Waals surface area contributed by atoms with Crippen molar-refractivity contribution in [1.82, 2.24) is 0 Å². The summed E-state index contributed by atoms with van der Waals surface area (Å²) in [6.07, 6.45) is -3.07. The molecule has 6 heteroatoms. The van der Waals surface area contributed by atoms with E-state index >= 15 is 0 Å². The fourth-order valence-corrected chi connectivity index (χ4v) is 1.35. The second-order valence-corrected chi connectivity index (χ2v) is 3.08. The Morgan fingerprint density at radius 1 is 1.06 bits per heavy atom. The Hall–Kier alpha value is -1.85. The van der Waals surface area contributed by atoms with Crippen molar-refractivity contribution in [2.45, 2.75) is 6.43 Å². The highest BCUT2D eigenvalue weighted by Crippen LogP contribution is 2.38. The fraction of sp³-hybridized carbons (Fsp3) is 0.364. The van der Waals surface area contributed by atoms with Crippen molar-refractivity contribution in [2.75, 3.05) is 21.3 Å². The number of ether oxygens (including phenoxy) is 3. The van der Waals surface area contributed by atoms with Gasteiger partial charge in [-0.25, -0.2) is 8.78 Å². The zero-order chi connectivity index (χ0) is 13.0. The van der Waals surface area contributed by atoms with Gasteiger partial charge in [0.15, 0.2) is 11.5 Å². The third kappa shape index (κ3) is 2.64. The fourth-order valence-electron chi connectivity index (χ4n) is 1.35. The quantitative estimate of drug-likeness (QED) is 0.747. The van der Waals surface area contributed by atoms with Gasteiger partial charge in [-0.1, -0.05) is 0 Å². The molecule has 17 heavy (non-hydrogen) atoms. The van der Waals surface area contributed by atoms with Crippen LogP contribution in [0.2, 0.25) is 0 Å². The molecule has 1 aromatic rings. The van der Waals surface area contributed by atoms with Gasteiger partial charge in [0.25, 0.3) is 0 Å². The number of halogens is 2. The van der Waals surface area contributed by atoms with E-state index in [-0.39, 0.29) is 22.8 Å². The molecule has 1 aromatic carbocycles. The average Bonchev–Trinajstić information content (AvgIpc) is 2.35. The van der Waals surface area contributed by atoms with Crippen LogP contribution in [0.3, 0.4) is 0 Å². The Morgan fingerprint density at radius 2 is 1.53 bits per heavy atom. The van der Waals surface area contributed by atoms with Gasteiger partial charge in [-0.2, -0.15) is 0 Å². The zero-order valence-electron chi connectivity index (χ0n) is 9.62. The Kier molecular flexibility index (Phi) is 4.25. The van der Waals surface area contributed by atoms with E-state index in [0.717, 1.165) is 0 Å². The summed E-state index contributed by atoms with van der Waals surface area (Å²) in [5.74, 6) is -0.711. The van der Waals surface area contributed by atoms with Crippen LogP contribution >= 0.6 is 0 Å². The summed E-state index contributed by atoms with van der Waals surface area (Å²) < 4.78 is 39.5. The maximum Gasteiger partial charge on any atom is 0.300 e. The maximum atomic E-state index is 12.3. The molecule has 0 radical (unpaired) electrons. The first-order chi connectivity index (χ1) is 8.04. The molecular weight excluding hydrogens is 234 g/mol. The molecule has 0 atom stereocenters. The third-order valence-corrected chi connectivity index (χ3v) is 2.15. The molecular formula is C11H12F2O4. The molecule has 0 unspecified atom stereocenters. The highest BCUT2D eigenvalue weighted by atomic mass is 19.3. The normalized spacial score (nSPS) is 10.2. The molecule has 0 heterocycles. The zero-order valence-corrected chi connectivity index (χ0v) is 9.62. The second-order valence-electron chi connectivity index (χ2n) is 3.08. The van der Waals surface area contributed by atoms with Crippen LogP contribution in [-0.4, -0.2) is 33.5 Å². The van der Waals surface area contributed by atoms with E-state index < -0.39 is 12.2 Å². The predicted octanol–water partition coefficient (Wildman–Crippen LogP) is 2.16. The lowest BCUT2D eigenvalue weighted by Crippen LogP contribution is -2.11. The van der Waals surface area contributed by atoms with Crippen molar-refractivity contribution < 1.29 is 27.8 Å². The monoisotopic (exact) mass is 246 g/mol. The van der Waals surface area contributed by atoms with Gasteiger partial charge in [0, 0.05) is 5.56 Å². The number of methoxy groups -OCH3 is 3. The highest BCUT2D eigenvalue weighted by Gasteiger charge is 2.22. The van der Waals surface area contributed by atoms with Crippen LogP contribution < -0.4 is 14.2 Å². The first-order valence-electron chi connectivity index (χ1n) is 4.67. The average molecular weight is 246 g/mol. The smallest absolute Gasteiger partial charge is 0.300 e. The summed E-state index contributed by atoms with van der Waals surface area (Å²) in [5.41, 5.74) is -0.186. The number of hydrogen-bond donors (Lipinski definition) is 0. The van der Waals surface area contributed by atoms with Gasteiger partial charge >= 0.3 is 6.43 Å². The number of carbonyl (C=O) groups excluding carboxylic acids is 1. The van der Waals surface area contributed by atoms with Crippen molar-refractivity contribution in [3.63, 3.8) is 0 Å². The Labute approximate surface area is 97.1 Å². The molecule has 0 saturated carbocycles.